The molecule has 23 heavy (non-hydrogen) atoms. The molecule has 6 heteroatoms. The lowest BCUT2D eigenvalue weighted by Crippen LogP contribution is -2.40. The standard InChI is InChI=1S/C17H28N4O2/c1-21(2)16(22)14-20-17(18-11-7-13-23-3)19-12-10-15-8-5-4-6-9-15/h4-6,8-9H,7,10-14H2,1-3H3,(H2,18,19,20). The first kappa shape index (κ1) is 19.0. The molecule has 0 radical (unpaired) electrons. The molecule has 0 saturated carbocycles. The van der Waals surface area contributed by atoms with Gasteiger partial charge in [-0.25, -0.2) is 4.99 Å². The lowest BCUT2D eigenvalue weighted by atomic mass is 10.1. The van der Waals surface area contributed by atoms with Gasteiger partial charge in [0.25, 0.3) is 0 Å². The highest BCUT2D eigenvalue weighted by Crippen LogP contribution is 1.98. The van der Waals surface area contributed by atoms with Gasteiger partial charge in [-0.05, 0) is 18.4 Å². The molecule has 0 heterocycles. The quantitative estimate of drug-likeness (QED) is 0.403. The number of rotatable bonds is 9. The van der Waals surface area contributed by atoms with Gasteiger partial charge in [-0.3, -0.25) is 4.79 Å². The number of hydrogen-bond acceptors (Lipinski definition) is 3. The number of nitrogens with zero attached hydrogens (tertiary/aromatic N) is 2. The van der Waals surface area contributed by atoms with Crippen molar-refractivity contribution in [3.63, 3.8) is 0 Å². The number of likely N-dealkylation sites (N-methyl/N-ethyl adjacent to an activating group) is 1. The Labute approximate surface area is 138 Å². The van der Waals surface area contributed by atoms with Crippen molar-refractivity contribution in [2.24, 2.45) is 4.99 Å². The number of hydrogen-bond donors (Lipinski definition) is 2. The first-order valence-corrected chi connectivity index (χ1v) is 7.88. The molecule has 0 fully saturated rings. The number of carbonyl (C=O) groups is 1. The predicted octanol–water partition coefficient (Wildman–Crippen LogP) is 0.889. The van der Waals surface area contributed by atoms with E-state index >= 15 is 0 Å². The van der Waals surface area contributed by atoms with Gasteiger partial charge in [0.1, 0.15) is 6.54 Å². The summed E-state index contributed by atoms with van der Waals surface area (Å²) in [7, 11) is 5.14. The van der Waals surface area contributed by atoms with E-state index in [-0.39, 0.29) is 12.5 Å². The molecule has 1 rings (SSSR count). The zero-order valence-corrected chi connectivity index (χ0v) is 14.3. The Morgan fingerprint density at radius 2 is 1.87 bits per heavy atom. The van der Waals surface area contributed by atoms with Crippen molar-refractivity contribution in [2.45, 2.75) is 12.8 Å². The van der Waals surface area contributed by atoms with Crippen LogP contribution in [0.25, 0.3) is 0 Å². The summed E-state index contributed by atoms with van der Waals surface area (Å²) in [5, 5.41) is 6.49. The first-order valence-electron chi connectivity index (χ1n) is 7.88. The zero-order valence-electron chi connectivity index (χ0n) is 14.3. The summed E-state index contributed by atoms with van der Waals surface area (Å²) in [6, 6.07) is 10.3. The number of amides is 1. The molecule has 0 aliphatic rings. The van der Waals surface area contributed by atoms with Gasteiger partial charge in [0.2, 0.25) is 5.91 Å². The Morgan fingerprint density at radius 1 is 1.17 bits per heavy atom. The Kier molecular flexibility index (Phi) is 9.47. The average molecular weight is 320 g/mol. The largest absolute Gasteiger partial charge is 0.385 e. The molecule has 0 saturated heterocycles. The van der Waals surface area contributed by atoms with Crippen molar-refractivity contribution in [1.29, 1.82) is 0 Å². The summed E-state index contributed by atoms with van der Waals surface area (Å²) in [6.45, 7) is 2.34. The van der Waals surface area contributed by atoms with Gasteiger partial charge >= 0.3 is 0 Å². The van der Waals surface area contributed by atoms with Crippen molar-refractivity contribution in [3.05, 3.63) is 35.9 Å². The van der Waals surface area contributed by atoms with Crippen LogP contribution in [0, 0.1) is 0 Å². The van der Waals surface area contributed by atoms with E-state index in [9.17, 15) is 4.79 Å². The minimum absolute atomic E-state index is 0.0222. The number of guanidine groups is 1. The molecular weight excluding hydrogens is 292 g/mol. The lowest BCUT2D eigenvalue weighted by Gasteiger charge is -2.13. The van der Waals surface area contributed by atoms with E-state index in [0.29, 0.717) is 12.6 Å². The summed E-state index contributed by atoms with van der Waals surface area (Å²) in [5.41, 5.74) is 1.27. The maximum atomic E-state index is 11.7. The number of nitrogens with one attached hydrogen (secondary N) is 2. The van der Waals surface area contributed by atoms with Gasteiger partial charge in [0.05, 0.1) is 0 Å². The second kappa shape index (κ2) is 11.5. The van der Waals surface area contributed by atoms with E-state index in [1.165, 1.54) is 10.5 Å². The molecule has 0 aliphatic heterocycles. The lowest BCUT2D eigenvalue weighted by molar-refractivity contribution is -0.127. The van der Waals surface area contributed by atoms with Crippen LogP contribution in [0.4, 0.5) is 0 Å². The van der Waals surface area contributed by atoms with Gasteiger partial charge in [-0.15, -0.1) is 0 Å². The van der Waals surface area contributed by atoms with Crippen LogP contribution in [0.3, 0.4) is 0 Å². The Balaban J connectivity index is 2.45. The third-order valence-corrected chi connectivity index (χ3v) is 3.24. The van der Waals surface area contributed by atoms with Crippen molar-refractivity contribution in [2.75, 3.05) is 47.4 Å². The number of aliphatic imine (C=N–C) groups is 1. The van der Waals surface area contributed by atoms with Gasteiger partial charge in [-0.1, -0.05) is 30.3 Å². The highest BCUT2D eigenvalue weighted by atomic mass is 16.5. The number of benzene rings is 1. The molecule has 128 valence electrons. The number of methoxy groups -OCH3 is 1. The van der Waals surface area contributed by atoms with E-state index in [1.807, 2.05) is 18.2 Å². The molecule has 0 atom stereocenters. The van der Waals surface area contributed by atoms with E-state index in [0.717, 1.165) is 25.9 Å². The molecule has 1 amide bonds. The highest BCUT2D eigenvalue weighted by Gasteiger charge is 2.04. The minimum atomic E-state index is -0.0222. The monoisotopic (exact) mass is 320 g/mol. The molecule has 0 spiro atoms. The maximum absolute atomic E-state index is 11.7. The summed E-state index contributed by atoms with van der Waals surface area (Å²) >= 11 is 0. The smallest absolute Gasteiger partial charge is 0.243 e. The molecule has 6 nitrogen and oxygen atoms in total. The third-order valence-electron chi connectivity index (χ3n) is 3.24. The van der Waals surface area contributed by atoms with Crippen LogP contribution in [0.15, 0.2) is 35.3 Å². The molecule has 2 N–H and O–H groups in total. The molecule has 0 bridgehead atoms. The fourth-order valence-electron chi connectivity index (χ4n) is 1.86. The minimum Gasteiger partial charge on any atom is -0.385 e. The average Bonchev–Trinajstić information content (AvgIpc) is 2.56. The number of carbonyl (C=O) groups excluding carboxylic acids is 1. The zero-order chi connectivity index (χ0) is 16.9. The first-order chi connectivity index (χ1) is 11.1. The Morgan fingerprint density at radius 3 is 2.52 bits per heavy atom. The summed E-state index contributed by atoms with van der Waals surface area (Å²) in [4.78, 5) is 17.5. The predicted molar refractivity (Wildman–Crippen MR) is 93.6 cm³/mol. The van der Waals surface area contributed by atoms with Gasteiger partial charge in [0.15, 0.2) is 5.96 Å². The Hall–Kier alpha value is -2.08. The van der Waals surface area contributed by atoms with Crippen LogP contribution in [0.2, 0.25) is 0 Å². The van der Waals surface area contributed by atoms with Crippen LogP contribution < -0.4 is 10.6 Å². The van der Waals surface area contributed by atoms with Crippen molar-refractivity contribution in [3.8, 4) is 0 Å². The number of ether oxygens (including phenoxy) is 1. The second-order valence-electron chi connectivity index (χ2n) is 5.39. The fraction of sp³-hybridized carbons (Fsp3) is 0.529. The van der Waals surface area contributed by atoms with Crippen LogP contribution in [-0.2, 0) is 16.0 Å². The molecular formula is C17H28N4O2. The fourth-order valence-corrected chi connectivity index (χ4v) is 1.86. The van der Waals surface area contributed by atoms with Crippen molar-refractivity contribution >= 4 is 11.9 Å². The Bertz CT molecular complexity index is 475. The normalized spacial score (nSPS) is 11.2. The van der Waals surface area contributed by atoms with Crippen LogP contribution in [-0.4, -0.2) is 64.2 Å². The summed E-state index contributed by atoms with van der Waals surface area (Å²) < 4.78 is 5.03. The second-order valence-corrected chi connectivity index (χ2v) is 5.39. The molecule has 0 aliphatic carbocycles. The van der Waals surface area contributed by atoms with Gasteiger partial charge in [0, 0.05) is 40.9 Å². The topological polar surface area (TPSA) is 66.0 Å². The molecule has 0 aromatic heterocycles. The summed E-state index contributed by atoms with van der Waals surface area (Å²) in [5.74, 6) is 0.637. The van der Waals surface area contributed by atoms with E-state index < -0.39 is 0 Å². The van der Waals surface area contributed by atoms with E-state index in [1.54, 1.807) is 21.2 Å². The molecule has 1 aromatic carbocycles. The maximum Gasteiger partial charge on any atom is 0.243 e. The molecule has 1 aromatic rings. The third kappa shape index (κ3) is 8.83. The van der Waals surface area contributed by atoms with Crippen LogP contribution in [0.1, 0.15) is 12.0 Å². The van der Waals surface area contributed by atoms with Crippen LogP contribution >= 0.6 is 0 Å². The SMILES string of the molecule is COCCCNC(=NCC(=O)N(C)C)NCCc1ccccc1. The van der Waals surface area contributed by atoms with Crippen LogP contribution in [0.5, 0.6) is 0 Å². The van der Waals surface area contributed by atoms with E-state index in [2.05, 4.69) is 27.8 Å². The molecule has 0 unspecified atom stereocenters. The highest BCUT2D eigenvalue weighted by molar-refractivity contribution is 5.84. The van der Waals surface area contributed by atoms with Gasteiger partial charge in [-0.2, -0.15) is 0 Å². The van der Waals surface area contributed by atoms with Gasteiger partial charge < -0.3 is 20.3 Å². The van der Waals surface area contributed by atoms with E-state index in [4.69, 9.17) is 4.74 Å². The van der Waals surface area contributed by atoms with Crippen molar-refractivity contribution < 1.29 is 9.53 Å². The van der Waals surface area contributed by atoms with Crippen molar-refractivity contribution in [1.82, 2.24) is 15.5 Å². The summed E-state index contributed by atoms with van der Waals surface area (Å²) in [6.07, 6.45) is 1.79.